The number of aryl methyl sites for hydroxylation is 3. The second kappa shape index (κ2) is 8.77. The summed E-state index contributed by atoms with van der Waals surface area (Å²) in [5, 5.41) is 11.2. The van der Waals surface area contributed by atoms with Crippen molar-refractivity contribution >= 4 is 11.8 Å². The molecule has 0 amide bonds. The fourth-order valence-corrected chi connectivity index (χ4v) is 2.89. The largest absolute Gasteiger partial charge is 0.573 e. The lowest BCUT2D eigenvalue weighted by Crippen LogP contribution is -2.48. The molecule has 0 radical (unpaired) electrons. The van der Waals surface area contributed by atoms with Crippen molar-refractivity contribution in [2.24, 2.45) is 0 Å². The van der Waals surface area contributed by atoms with Crippen LogP contribution >= 0.6 is 0 Å². The number of benzene rings is 2. The monoisotopic (exact) mass is 423 g/mol. The molecule has 0 saturated heterocycles. The van der Waals surface area contributed by atoms with Crippen LogP contribution in [0.2, 0.25) is 0 Å². The van der Waals surface area contributed by atoms with Gasteiger partial charge in [0.2, 0.25) is 0 Å². The maximum atomic E-state index is 12.4. The molecule has 0 unspecified atom stereocenters. The zero-order chi connectivity index (χ0) is 22.7. The lowest BCUT2D eigenvalue weighted by molar-refractivity contribution is -0.320. The first kappa shape index (κ1) is 23.3. The van der Waals surface area contributed by atoms with Crippen molar-refractivity contribution in [3.8, 4) is 11.5 Å². The summed E-state index contributed by atoms with van der Waals surface area (Å²) in [7, 11) is 0. The highest BCUT2D eigenvalue weighted by molar-refractivity contribution is 5.96. The lowest BCUT2D eigenvalue weighted by atomic mass is 9.98. The Morgan fingerprint density at radius 3 is 1.97 bits per heavy atom. The molecule has 0 atom stereocenters. The van der Waals surface area contributed by atoms with Crippen LogP contribution in [0.15, 0.2) is 36.4 Å². The number of Topliss-reactive ketones (excluding diaryl/α,β-unsaturated/α-hetero) is 1. The van der Waals surface area contributed by atoms with E-state index < -0.39 is 17.9 Å². The van der Waals surface area contributed by atoms with E-state index in [0.29, 0.717) is 12.2 Å². The highest BCUT2D eigenvalue weighted by atomic mass is 19.4. The molecule has 0 aliphatic rings. The predicted octanol–water partition coefficient (Wildman–Crippen LogP) is 3.92. The van der Waals surface area contributed by atoms with E-state index in [1.54, 1.807) is 26.0 Å². The molecule has 2 rings (SSSR count). The molecule has 0 heterocycles. The number of carboxylic acid groups (broad SMARTS) is 1. The fourth-order valence-electron chi connectivity index (χ4n) is 2.89. The standard InChI is InChI=1S/C22H23F3O5/c1-13-11-15(12-14(2)19(13)30-21(3,4)20(27)28)5-10-18(26)16-6-8-17(9-7-16)29-22(23,24)25/h6-9,11-12H,5,10H2,1-4H3,(H,27,28)/p-1. The number of carboxylic acids is 1. The molecule has 30 heavy (non-hydrogen) atoms. The highest BCUT2D eigenvalue weighted by Gasteiger charge is 2.31. The molecule has 8 heteroatoms. The molecule has 0 fully saturated rings. The number of rotatable bonds is 8. The molecule has 0 bridgehead atoms. The van der Waals surface area contributed by atoms with E-state index in [1.807, 2.05) is 0 Å². The van der Waals surface area contributed by atoms with E-state index in [4.69, 9.17) is 4.74 Å². The Bertz CT molecular complexity index is 908. The van der Waals surface area contributed by atoms with Crippen LogP contribution < -0.4 is 14.6 Å². The third kappa shape index (κ3) is 6.23. The molecule has 0 aliphatic heterocycles. The topological polar surface area (TPSA) is 75.7 Å². The number of alkyl halides is 3. The number of ketones is 1. The molecule has 0 aromatic heterocycles. The Morgan fingerprint density at radius 1 is 0.967 bits per heavy atom. The first-order valence-corrected chi connectivity index (χ1v) is 9.18. The average molecular weight is 423 g/mol. The van der Waals surface area contributed by atoms with Crippen molar-refractivity contribution < 1.29 is 37.3 Å². The van der Waals surface area contributed by atoms with E-state index in [1.165, 1.54) is 26.0 Å². The average Bonchev–Trinajstić information content (AvgIpc) is 2.62. The highest BCUT2D eigenvalue weighted by Crippen LogP contribution is 2.29. The van der Waals surface area contributed by atoms with Crippen molar-refractivity contribution in [3.05, 3.63) is 58.7 Å². The SMILES string of the molecule is Cc1cc(CCC(=O)c2ccc(OC(F)(F)F)cc2)cc(C)c1OC(C)(C)C(=O)[O-]. The van der Waals surface area contributed by atoms with E-state index in [9.17, 15) is 27.9 Å². The third-order valence-corrected chi connectivity index (χ3v) is 4.42. The van der Waals surface area contributed by atoms with Crippen LogP contribution in [-0.4, -0.2) is 23.7 Å². The molecule has 0 aliphatic carbocycles. The van der Waals surface area contributed by atoms with Gasteiger partial charge in [0, 0.05) is 12.0 Å². The maximum Gasteiger partial charge on any atom is 0.573 e. The van der Waals surface area contributed by atoms with E-state index in [2.05, 4.69) is 4.74 Å². The van der Waals surface area contributed by atoms with Crippen LogP contribution in [0.25, 0.3) is 0 Å². The van der Waals surface area contributed by atoms with Crippen LogP contribution in [0.4, 0.5) is 13.2 Å². The number of ether oxygens (including phenoxy) is 2. The van der Waals surface area contributed by atoms with Gasteiger partial charge in [-0.1, -0.05) is 12.1 Å². The molecular formula is C22H22F3O5-. The first-order chi connectivity index (χ1) is 13.8. The van der Waals surface area contributed by atoms with Gasteiger partial charge in [0.25, 0.3) is 0 Å². The quantitative estimate of drug-likeness (QED) is 0.602. The first-order valence-electron chi connectivity index (χ1n) is 9.18. The Balaban J connectivity index is 2.05. The summed E-state index contributed by atoms with van der Waals surface area (Å²) in [4.78, 5) is 23.5. The smallest absolute Gasteiger partial charge is 0.546 e. The summed E-state index contributed by atoms with van der Waals surface area (Å²) in [6, 6.07) is 8.39. The zero-order valence-corrected chi connectivity index (χ0v) is 17.1. The number of halogens is 3. The fraction of sp³-hybridized carbons (Fsp3) is 0.364. The molecule has 2 aromatic rings. The van der Waals surface area contributed by atoms with Gasteiger partial charge in [0.1, 0.15) is 17.1 Å². The number of hydrogen-bond donors (Lipinski definition) is 0. The van der Waals surface area contributed by atoms with Crippen LogP contribution in [0.3, 0.4) is 0 Å². The molecule has 5 nitrogen and oxygen atoms in total. The molecule has 0 spiro atoms. The van der Waals surface area contributed by atoms with Gasteiger partial charge in [0.15, 0.2) is 5.78 Å². The van der Waals surface area contributed by atoms with E-state index in [-0.39, 0.29) is 23.5 Å². The summed E-state index contributed by atoms with van der Waals surface area (Å²) in [6.45, 7) is 6.36. The Morgan fingerprint density at radius 2 is 1.50 bits per heavy atom. The van der Waals surface area contributed by atoms with E-state index in [0.717, 1.165) is 28.8 Å². The summed E-state index contributed by atoms with van der Waals surface area (Å²) in [6.07, 6.45) is -4.22. The normalized spacial score (nSPS) is 11.8. The third-order valence-electron chi connectivity index (χ3n) is 4.42. The second-order valence-electron chi connectivity index (χ2n) is 7.45. The Kier molecular flexibility index (Phi) is 6.80. The number of hydrogen-bond acceptors (Lipinski definition) is 5. The minimum atomic E-state index is -4.78. The molecule has 0 saturated carbocycles. The van der Waals surface area contributed by atoms with Crippen molar-refractivity contribution in [1.29, 1.82) is 0 Å². The van der Waals surface area contributed by atoms with Crippen molar-refractivity contribution in [1.82, 2.24) is 0 Å². The lowest BCUT2D eigenvalue weighted by Gasteiger charge is -2.29. The van der Waals surface area contributed by atoms with Crippen molar-refractivity contribution in [2.75, 3.05) is 0 Å². The van der Waals surface area contributed by atoms with Crippen LogP contribution in [0, 0.1) is 13.8 Å². The van der Waals surface area contributed by atoms with E-state index >= 15 is 0 Å². The van der Waals surface area contributed by atoms with Gasteiger partial charge in [-0.15, -0.1) is 13.2 Å². The van der Waals surface area contributed by atoms with Crippen LogP contribution in [0.1, 0.15) is 47.3 Å². The zero-order valence-electron chi connectivity index (χ0n) is 17.1. The molecular weight excluding hydrogens is 401 g/mol. The summed E-state index contributed by atoms with van der Waals surface area (Å²) < 4.78 is 46.0. The van der Waals surface area contributed by atoms with Crippen molar-refractivity contribution in [3.63, 3.8) is 0 Å². The molecule has 162 valence electrons. The second-order valence-corrected chi connectivity index (χ2v) is 7.45. The number of aliphatic carboxylic acids is 1. The Labute approximate surface area is 172 Å². The maximum absolute atomic E-state index is 12.4. The summed E-state index contributed by atoms with van der Waals surface area (Å²) in [5.41, 5.74) is 1.10. The van der Waals surface area contributed by atoms with Gasteiger partial charge in [-0.2, -0.15) is 0 Å². The van der Waals surface area contributed by atoms with Gasteiger partial charge in [0.05, 0.1) is 5.97 Å². The predicted molar refractivity (Wildman–Crippen MR) is 101 cm³/mol. The van der Waals surface area contributed by atoms with Crippen molar-refractivity contribution in [2.45, 2.75) is 52.5 Å². The number of carbonyl (C=O) groups is 2. The van der Waals surface area contributed by atoms with Crippen LogP contribution in [0.5, 0.6) is 11.5 Å². The minimum Gasteiger partial charge on any atom is -0.546 e. The summed E-state index contributed by atoms with van der Waals surface area (Å²) in [5.74, 6) is -1.50. The van der Waals surface area contributed by atoms with Gasteiger partial charge in [-0.3, -0.25) is 4.79 Å². The van der Waals surface area contributed by atoms with Gasteiger partial charge >= 0.3 is 6.36 Å². The minimum absolute atomic E-state index is 0.156. The van der Waals surface area contributed by atoms with Gasteiger partial charge in [-0.25, -0.2) is 0 Å². The Hall–Kier alpha value is -3.03. The molecule has 0 N–H and O–H groups in total. The van der Waals surface area contributed by atoms with Gasteiger partial charge in [-0.05, 0) is 75.1 Å². The van der Waals surface area contributed by atoms with Crippen LogP contribution in [-0.2, 0) is 11.2 Å². The summed E-state index contributed by atoms with van der Waals surface area (Å²) >= 11 is 0. The van der Waals surface area contributed by atoms with Gasteiger partial charge < -0.3 is 19.4 Å². The molecule has 2 aromatic carbocycles. The number of carbonyl (C=O) groups excluding carboxylic acids is 2.